The van der Waals surface area contributed by atoms with Crippen molar-refractivity contribution >= 4 is 41.5 Å². The van der Waals surface area contributed by atoms with Crippen molar-refractivity contribution in [3.05, 3.63) is 51.8 Å². The van der Waals surface area contributed by atoms with Crippen molar-refractivity contribution in [2.24, 2.45) is 12.0 Å². The van der Waals surface area contributed by atoms with Crippen LogP contribution in [0.2, 0.25) is 5.02 Å². The molecule has 2 atom stereocenters. The van der Waals surface area contributed by atoms with Crippen molar-refractivity contribution in [3.63, 3.8) is 0 Å². The largest absolute Gasteiger partial charge is 0.354 e. The fourth-order valence-corrected chi connectivity index (χ4v) is 4.52. The fraction of sp³-hybridized carbons (Fsp3) is 0.565. The molecular weight excluding hydrogens is 523 g/mol. The Morgan fingerprint density at radius 3 is 2.55 bits per heavy atom. The molecule has 1 fully saturated rings. The summed E-state index contributed by atoms with van der Waals surface area (Å²) in [5.41, 5.74) is 4.88. The SMILES string of the molecule is CN=C(NCC(c1cccc(Cl)c1)N1CCCC1)NC(C)Cc1c(C)nn(C)c1C.I. The highest BCUT2D eigenvalue weighted by Gasteiger charge is 2.24. The first-order valence-electron chi connectivity index (χ1n) is 10.8. The summed E-state index contributed by atoms with van der Waals surface area (Å²) in [4.78, 5) is 7.00. The quantitative estimate of drug-likeness (QED) is 0.303. The number of rotatable bonds is 7. The number of benzene rings is 1. The molecule has 2 unspecified atom stereocenters. The van der Waals surface area contributed by atoms with E-state index in [2.05, 4.69) is 58.5 Å². The van der Waals surface area contributed by atoms with Crippen LogP contribution in [-0.2, 0) is 13.5 Å². The molecule has 6 nitrogen and oxygen atoms in total. The van der Waals surface area contributed by atoms with E-state index in [-0.39, 0.29) is 36.1 Å². The summed E-state index contributed by atoms with van der Waals surface area (Å²) in [6.07, 6.45) is 3.42. The topological polar surface area (TPSA) is 57.5 Å². The summed E-state index contributed by atoms with van der Waals surface area (Å²) < 4.78 is 1.95. The average molecular weight is 559 g/mol. The lowest BCUT2D eigenvalue weighted by atomic mass is 10.1. The van der Waals surface area contributed by atoms with E-state index < -0.39 is 0 Å². The maximum atomic E-state index is 6.28. The second-order valence-electron chi connectivity index (χ2n) is 8.29. The normalized spacial score (nSPS) is 16.6. The van der Waals surface area contributed by atoms with Crippen molar-refractivity contribution in [1.29, 1.82) is 0 Å². The first-order chi connectivity index (χ1) is 14.4. The molecule has 3 rings (SSSR count). The maximum Gasteiger partial charge on any atom is 0.191 e. The van der Waals surface area contributed by atoms with Gasteiger partial charge in [0, 0.05) is 37.4 Å². The zero-order valence-electron chi connectivity index (χ0n) is 19.3. The molecule has 2 heterocycles. The van der Waals surface area contributed by atoms with Gasteiger partial charge in [-0.3, -0.25) is 14.6 Å². The fourth-order valence-electron chi connectivity index (χ4n) is 4.32. The lowest BCUT2D eigenvalue weighted by Gasteiger charge is -2.29. The molecule has 1 aromatic carbocycles. The number of hydrogen-bond donors (Lipinski definition) is 2. The van der Waals surface area contributed by atoms with Crippen LogP contribution in [0.5, 0.6) is 0 Å². The Balaban J connectivity index is 0.00000341. The third-order valence-corrected chi connectivity index (χ3v) is 6.29. The molecule has 2 N–H and O–H groups in total. The number of hydrogen-bond acceptors (Lipinski definition) is 3. The minimum Gasteiger partial charge on any atom is -0.354 e. The predicted molar refractivity (Wildman–Crippen MR) is 141 cm³/mol. The van der Waals surface area contributed by atoms with E-state index in [0.717, 1.165) is 42.7 Å². The van der Waals surface area contributed by atoms with E-state index in [1.165, 1.54) is 29.7 Å². The average Bonchev–Trinajstić information content (AvgIpc) is 3.32. The Morgan fingerprint density at radius 2 is 1.97 bits per heavy atom. The zero-order valence-corrected chi connectivity index (χ0v) is 22.4. The number of halogens is 2. The second kappa shape index (κ2) is 12.1. The van der Waals surface area contributed by atoms with Gasteiger partial charge in [0.05, 0.1) is 11.7 Å². The number of aryl methyl sites for hydroxylation is 2. The molecule has 8 heteroatoms. The third-order valence-electron chi connectivity index (χ3n) is 6.05. The highest BCUT2D eigenvalue weighted by Crippen LogP contribution is 2.26. The van der Waals surface area contributed by atoms with Crippen molar-refractivity contribution in [1.82, 2.24) is 25.3 Å². The standard InChI is InChI=1S/C23H35ClN6.HI/c1-16(13-21-17(2)28-29(5)18(21)3)27-23(25-4)26-15-22(30-11-6-7-12-30)19-9-8-10-20(24)14-19;/h8-10,14,16,22H,6-7,11-13,15H2,1-5H3,(H2,25,26,27);1H. The van der Waals surface area contributed by atoms with Crippen LogP contribution in [0.4, 0.5) is 0 Å². The van der Waals surface area contributed by atoms with Gasteiger partial charge in [0.15, 0.2) is 5.96 Å². The Bertz CT molecular complexity index is 875. The molecular formula is C23H36ClIN6. The molecule has 0 bridgehead atoms. The van der Waals surface area contributed by atoms with Crippen LogP contribution in [0, 0.1) is 13.8 Å². The maximum absolute atomic E-state index is 6.28. The molecule has 0 saturated carbocycles. The van der Waals surface area contributed by atoms with E-state index in [4.69, 9.17) is 11.6 Å². The van der Waals surface area contributed by atoms with Gasteiger partial charge in [-0.1, -0.05) is 23.7 Å². The summed E-state index contributed by atoms with van der Waals surface area (Å²) in [7, 11) is 3.83. The van der Waals surface area contributed by atoms with Crippen LogP contribution >= 0.6 is 35.6 Å². The Morgan fingerprint density at radius 1 is 1.26 bits per heavy atom. The lowest BCUT2D eigenvalue weighted by molar-refractivity contribution is 0.245. The molecule has 1 aromatic heterocycles. The first kappa shape index (κ1) is 25.9. The van der Waals surface area contributed by atoms with Crippen LogP contribution < -0.4 is 10.6 Å². The summed E-state index contributed by atoms with van der Waals surface area (Å²) in [6.45, 7) is 9.43. The first-order valence-corrected chi connectivity index (χ1v) is 11.2. The van der Waals surface area contributed by atoms with Crippen LogP contribution in [0.15, 0.2) is 29.3 Å². The summed E-state index contributed by atoms with van der Waals surface area (Å²) in [5.74, 6) is 0.827. The molecule has 0 radical (unpaired) electrons. The molecule has 172 valence electrons. The number of aromatic nitrogens is 2. The summed E-state index contributed by atoms with van der Waals surface area (Å²) >= 11 is 6.28. The van der Waals surface area contributed by atoms with Crippen LogP contribution in [0.25, 0.3) is 0 Å². The van der Waals surface area contributed by atoms with Crippen molar-refractivity contribution in [2.45, 2.75) is 52.1 Å². The molecule has 1 saturated heterocycles. The smallest absolute Gasteiger partial charge is 0.191 e. The van der Waals surface area contributed by atoms with Crippen molar-refractivity contribution in [3.8, 4) is 0 Å². The molecule has 1 aliphatic heterocycles. The highest BCUT2D eigenvalue weighted by atomic mass is 127. The Hall–Kier alpha value is -1.32. The summed E-state index contributed by atoms with van der Waals surface area (Å²) in [6, 6.07) is 8.75. The number of guanidine groups is 1. The van der Waals surface area contributed by atoms with E-state index >= 15 is 0 Å². The molecule has 0 spiro atoms. The molecule has 2 aromatic rings. The Labute approximate surface area is 208 Å². The van der Waals surface area contributed by atoms with E-state index in [1.807, 2.05) is 30.9 Å². The van der Waals surface area contributed by atoms with Gasteiger partial charge < -0.3 is 10.6 Å². The van der Waals surface area contributed by atoms with Gasteiger partial charge in [0.1, 0.15) is 0 Å². The van der Waals surface area contributed by atoms with Gasteiger partial charge in [0.25, 0.3) is 0 Å². The highest BCUT2D eigenvalue weighted by molar-refractivity contribution is 14.0. The minimum atomic E-state index is 0. The van der Waals surface area contributed by atoms with Gasteiger partial charge in [-0.2, -0.15) is 5.10 Å². The number of aliphatic imine (C=N–C) groups is 1. The van der Waals surface area contributed by atoms with Gasteiger partial charge in [-0.25, -0.2) is 0 Å². The third kappa shape index (κ3) is 6.83. The predicted octanol–water partition coefficient (Wildman–Crippen LogP) is 4.24. The lowest BCUT2D eigenvalue weighted by Crippen LogP contribution is -2.46. The van der Waals surface area contributed by atoms with Gasteiger partial charge in [-0.05, 0) is 76.4 Å². The van der Waals surface area contributed by atoms with Gasteiger partial charge >= 0.3 is 0 Å². The second-order valence-corrected chi connectivity index (χ2v) is 8.73. The molecule has 0 amide bonds. The van der Waals surface area contributed by atoms with Crippen LogP contribution in [0.1, 0.15) is 48.3 Å². The monoisotopic (exact) mass is 558 g/mol. The Kier molecular flexibility index (Phi) is 10.1. The van der Waals surface area contributed by atoms with Crippen LogP contribution in [-0.4, -0.2) is 53.4 Å². The van der Waals surface area contributed by atoms with E-state index in [9.17, 15) is 0 Å². The summed E-state index contributed by atoms with van der Waals surface area (Å²) in [5, 5.41) is 12.4. The van der Waals surface area contributed by atoms with Crippen molar-refractivity contribution in [2.75, 3.05) is 26.7 Å². The van der Waals surface area contributed by atoms with Gasteiger partial charge in [0.2, 0.25) is 0 Å². The number of likely N-dealkylation sites (tertiary alicyclic amines) is 1. The molecule has 1 aliphatic rings. The number of nitrogens with one attached hydrogen (secondary N) is 2. The van der Waals surface area contributed by atoms with E-state index in [0.29, 0.717) is 0 Å². The number of nitrogens with zero attached hydrogens (tertiary/aromatic N) is 4. The molecule has 31 heavy (non-hydrogen) atoms. The van der Waals surface area contributed by atoms with Crippen LogP contribution in [0.3, 0.4) is 0 Å². The van der Waals surface area contributed by atoms with Gasteiger partial charge in [-0.15, -0.1) is 24.0 Å². The minimum absolute atomic E-state index is 0. The van der Waals surface area contributed by atoms with E-state index in [1.54, 1.807) is 0 Å². The zero-order chi connectivity index (χ0) is 21.7. The molecule has 0 aliphatic carbocycles. The van der Waals surface area contributed by atoms with Crippen molar-refractivity contribution < 1.29 is 0 Å².